The zero-order valence-corrected chi connectivity index (χ0v) is 11.1. The highest BCUT2D eigenvalue weighted by Gasteiger charge is 2.24. The minimum Gasteiger partial charge on any atom is -0.495 e. The Morgan fingerprint density at radius 1 is 1.40 bits per heavy atom. The average molecular weight is 273 g/mol. The first-order valence-corrected chi connectivity index (χ1v) is 6.29. The zero-order valence-electron chi connectivity index (χ0n) is 11.1. The van der Waals surface area contributed by atoms with Gasteiger partial charge in [-0.05, 0) is 12.1 Å². The van der Waals surface area contributed by atoms with Crippen molar-refractivity contribution in [1.29, 1.82) is 0 Å². The highest BCUT2D eigenvalue weighted by Crippen LogP contribution is 2.26. The Morgan fingerprint density at radius 3 is 3.05 bits per heavy atom. The summed E-state index contributed by atoms with van der Waals surface area (Å²) in [7, 11) is 1.53. The maximum atomic E-state index is 12.6. The summed E-state index contributed by atoms with van der Waals surface area (Å²) >= 11 is 0. The summed E-state index contributed by atoms with van der Waals surface area (Å²) in [5.74, 6) is 1.18. The smallest absolute Gasteiger partial charge is 0.256 e. The van der Waals surface area contributed by atoms with Crippen LogP contribution in [0, 0.1) is 0 Å². The topological polar surface area (TPSA) is 86.3 Å². The van der Waals surface area contributed by atoms with Gasteiger partial charge in [0.05, 0.1) is 24.9 Å². The number of hydrogen-bond donors (Lipinski definition) is 1. The van der Waals surface area contributed by atoms with Gasteiger partial charge >= 0.3 is 0 Å². The first kappa shape index (κ1) is 12.5. The summed E-state index contributed by atoms with van der Waals surface area (Å²) in [5, 5.41) is 7.85. The van der Waals surface area contributed by atoms with Gasteiger partial charge in [0.2, 0.25) is 0 Å². The van der Waals surface area contributed by atoms with Gasteiger partial charge in [0.25, 0.3) is 5.91 Å². The Labute approximate surface area is 116 Å². The van der Waals surface area contributed by atoms with Gasteiger partial charge in [-0.3, -0.25) is 4.79 Å². The monoisotopic (exact) mass is 273 g/mol. The Morgan fingerprint density at radius 2 is 2.25 bits per heavy atom. The van der Waals surface area contributed by atoms with Gasteiger partial charge in [0, 0.05) is 13.1 Å². The van der Waals surface area contributed by atoms with Crippen molar-refractivity contribution in [2.45, 2.75) is 13.1 Å². The number of nitrogen functional groups attached to an aromatic ring is 1. The average Bonchev–Trinajstić information content (AvgIpc) is 2.94. The Balaban J connectivity index is 1.87. The Bertz CT molecular complexity index is 652. The fraction of sp³-hybridized carbons (Fsp3) is 0.308. The van der Waals surface area contributed by atoms with E-state index in [1.165, 1.54) is 7.11 Å². The van der Waals surface area contributed by atoms with Crippen LogP contribution in [0.5, 0.6) is 5.75 Å². The highest BCUT2D eigenvalue weighted by atomic mass is 16.5. The fourth-order valence-corrected chi connectivity index (χ4v) is 2.32. The number of amides is 1. The lowest BCUT2D eigenvalue weighted by Crippen LogP contribution is -2.38. The number of ether oxygens (including phenoxy) is 1. The van der Waals surface area contributed by atoms with Crippen molar-refractivity contribution in [3.05, 3.63) is 35.9 Å². The fourth-order valence-electron chi connectivity index (χ4n) is 2.32. The molecule has 1 aromatic carbocycles. The molecule has 1 aliphatic rings. The molecule has 0 atom stereocenters. The van der Waals surface area contributed by atoms with Gasteiger partial charge in [0.1, 0.15) is 12.1 Å². The standard InChI is InChI=1S/C13H15N5O2/c1-20-10-4-2-3-9(12(10)14)13(19)17-5-6-18-8-15-16-11(18)7-17/h2-4,8H,5-7,14H2,1H3. The molecule has 2 heterocycles. The number of carbonyl (C=O) groups excluding carboxylic acids is 1. The number of nitrogens with zero attached hydrogens (tertiary/aromatic N) is 4. The van der Waals surface area contributed by atoms with Crippen molar-refractivity contribution < 1.29 is 9.53 Å². The summed E-state index contributed by atoms with van der Waals surface area (Å²) in [6.07, 6.45) is 1.68. The molecule has 1 amide bonds. The zero-order chi connectivity index (χ0) is 14.1. The number of anilines is 1. The lowest BCUT2D eigenvalue weighted by molar-refractivity contribution is 0.0708. The van der Waals surface area contributed by atoms with Crippen LogP contribution in [0.3, 0.4) is 0 Å². The van der Waals surface area contributed by atoms with E-state index in [-0.39, 0.29) is 5.91 Å². The number of para-hydroxylation sites is 1. The summed E-state index contributed by atoms with van der Waals surface area (Å²) in [6.45, 7) is 1.74. The van der Waals surface area contributed by atoms with Gasteiger partial charge in [0.15, 0.2) is 5.82 Å². The van der Waals surface area contributed by atoms with Gasteiger partial charge in [-0.1, -0.05) is 6.07 Å². The van der Waals surface area contributed by atoms with Crippen molar-refractivity contribution in [1.82, 2.24) is 19.7 Å². The van der Waals surface area contributed by atoms with Crippen LogP contribution in [-0.2, 0) is 13.1 Å². The molecule has 2 aromatic rings. The first-order chi connectivity index (χ1) is 9.70. The van der Waals surface area contributed by atoms with E-state index in [1.807, 2.05) is 4.57 Å². The molecule has 0 aliphatic carbocycles. The molecule has 0 bridgehead atoms. The van der Waals surface area contributed by atoms with Crippen LogP contribution in [0.25, 0.3) is 0 Å². The van der Waals surface area contributed by atoms with Gasteiger partial charge in [-0.15, -0.1) is 10.2 Å². The second-order valence-electron chi connectivity index (χ2n) is 4.59. The second-order valence-corrected chi connectivity index (χ2v) is 4.59. The molecule has 1 aliphatic heterocycles. The predicted molar refractivity (Wildman–Crippen MR) is 72.2 cm³/mol. The lowest BCUT2D eigenvalue weighted by atomic mass is 10.1. The van der Waals surface area contributed by atoms with E-state index in [2.05, 4.69) is 10.2 Å². The van der Waals surface area contributed by atoms with E-state index < -0.39 is 0 Å². The molecule has 2 N–H and O–H groups in total. The van der Waals surface area contributed by atoms with Crippen molar-refractivity contribution >= 4 is 11.6 Å². The van der Waals surface area contributed by atoms with Crippen LogP contribution in [0.4, 0.5) is 5.69 Å². The van der Waals surface area contributed by atoms with Crippen LogP contribution in [0.2, 0.25) is 0 Å². The first-order valence-electron chi connectivity index (χ1n) is 6.29. The van der Waals surface area contributed by atoms with E-state index >= 15 is 0 Å². The molecule has 0 fully saturated rings. The van der Waals surface area contributed by atoms with Gasteiger partial charge < -0.3 is 19.9 Å². The van der Waals surface area contributed by atoms with Crippen molar-refractivity contribution in [3.63, 3.8) is 0 Å². The van der Waals surface area contributed by atoms with Crippen LogP contribution in [-0.4, -0.2) is 39.2 Å². The van der Waals surface area contributed by atoms with Crippen LogP contribution in [0.15, 0.2) is 24.5 Å². The molecular formula is C13H15N5O2. The van der Waals surface area contributed by atoms with E-state index in [1.54, 1.807) is 29.4 Å². The Kier molecular flexibility index (Phi) is 3.02. The number of fused-ring (bicyclic) bond motifs is 1. The number of aromatic nitrogens is 3. The number of rotatable bonds is 2. The number of carbonyl (C=O) groups is 1. The van der Waals surface area contributed by atoms with Crippen LogP contribution >= 0.6 is 0 Å². The molecule has 0 spiro atoms. The minimum absolute atomic E-state index is 0.115. The van der Waals surface area contributed by atoms with E-state index in [0.717, 1.165) is 5.82 Å². The molecule has 7 heteroatoms. The van der Waals surface area contributed by atoms with Crippen molar-refractivity contribution in [2.75, 3.05) is 19.4 Å². The number of nitrogens with two attached hydrogens (primary N) is 1. The third-order valence-electron chi connectivity index (χ3n) is 3.44. The van der Waals surface area contributed by atoms with Crippen molar-refractivity contribution in [3.8, 4) is 5.75 Å². The molecule has 0 unspecified atom stereocenters. The predicted octanol–water partition coefficient (Wildman–Crippen LogP) is 0.525. The summed E-state index contributed by atoms with van der Waals surface area (Å²) in [5.41, 5.74) is 6.79. The van der Waals surface area contributed by atoms with Crippen molar-refractivity contribution in [2.24, 2.45) is 0 Å². The Hall–Kier alpha value is -2.57. The van der Waals surface area contributed by atoms with Gasteiger partial charge in [-0.25, -0.2) is 0 Å². The third kappa shape index (κ3) is 1.97. The molecule has 1 aromatic heterocycles. The maximum Gasteiger partial charge on any atom is 0.256 e. The van der Waals surface area contributed by atoms with E-state index in [0.29, 0.717) is 36.6 Å². The third-order valence-corrected chi connectivity index (χ3v) is 3.44. The number of hydrogen-bond acceptors (Lipinski definition) is 5. The molecule has 20 heavy (non-hydrogen) atoms. The molecule has 7 nitrogen and oxygen atoms in total. The highest BCUT2D eigenvalue weighted by molar-refractivity contribution is 6.00. The lowest BCUT2D eigenvalue weighted by Gasteiger charge is -2.27. The SMILES string of the molecule is COc1cccc(C(=O)N2CCn3cnnc3C2)c1N. The number of methoxy groups -OCH3 is 1. The summed E-state index contributed by atoms with van der Waals surface area (Å²) in [4.78, 5) is 14.3. The summed E-state index contributed by atoms with van der Waals surface area (Å²) in [6, 6.07) is 5.20. The van der Waals surface area contributed by atoms with Crippen LogP contribution < -0.4 is 10.5 Å². The number of benzene rings is 1. The quantitative estimate of drug-likeness (QED) is 0.806. The molecule has 104 valence electrons. The van der Waals surface area contributed by atoms with Crippen LogP contribution in [0.1, 0.15) is 16.2 Å². The second kappa shape index (κ2) is 4.84. The molecule has 0 saturated heterocycles. The minimum atomic E-state index is -0.115. The molecule has 0 saturated carbocycles. The normalized spacial score (nSPS) is 13.9. The molecular weight excluding hydrogens is 258 g/mol. The largest absolute Gasteiger partial charge is 0.495 e. The summed E-state index contributed by atoms with van der Waals surface area (Å²) < 4.78 is 7.09. The van der Waals surface area contributed by atoms with E-state index in [9.17, 15) is 4.79 Å². The molecule has 3 rings (SSSR count). The maximum absolute atomic E-state index is 12.6. The molecule has 0 radical (unpaired) electrons. The van der Waals surface area contributed by atoms with E-state index in [4.69, 9.17) is 10.5 Å². The van der Waals surface area contributed by atoms with Gasteiger partial charge in [-0.2, -0.15) is 0 Å².